The van der Waals surface area contributed by atoms with Crippen LogP contribution in [0.1, 0.15) is 23.1 Å². The number of aromatic hydroxyl groups is 3. The fraction of sp³-hybridized carbons (Fsp3) is 0.200. The molecule has 0 radical (unpaired) electrons. The number of rotatable bonds is 1. The van der Waals surface area contributed by atoms with Gasteiger partial charge in [-0.1, -0.05) is 12.1 Å². The molecule has 3 rings (SSSR count). The second kappa shape index (κ2) is 4.83. The van der Waals surface area contributed by atoms with E-state index in [1.807, 2.05) is 0 Å². The number of ether oxygens (including phenoxy) is 1. The van der Waals surface area contributed by atoms with Crippen molar-refractivity contribution in [3.8, 4) is 23.0 Å². The van der Waals surface area contributed by atoms with Crippen molar-refractivity contribution in [2.24, 2.45) is 0 Å². The normalized spacial score (nSPS) is 24.2. The molecule has 21 heavy (non-hydrogen) atoms. The number of aliphatic hydroxyl groups is 2. The van der Waals surface area contributed by atoms with Crippen molar-refractivity contribution in [2.75, 3.05) is 0 Å². The molecule has 0 bridgehead atoms. The highest BCUT2D eigenvalue weighted by Gasteiger charge is 2.39. The minimum Gasteiger partial charge on any atom is -0.508 e. The second-order valence-corrected chi connectivity index (χ2v) is 4.95. The smallest absolute Gasteiger partial charge is 0.207 e. The van der Waals surface area contributed by atoms with Crippen molar-refractivity contribution < 1.29 is 30.3 Å². The summed E-state index contributed by atoms with van der Waals surface area (Å²) < 4.78 is 5.27. The Morgan fingerprint density at radius 3 is 2.19 bits per heavy atom. The highest BCUT2D eigenvalue weighted by atomic mass is 16.6. The molecule has 5 N–H and O–H groups in total. The Balaban J connectivity index is 2.06. The number of hydrogen-bond acceptors (Lipinski definition) is 6. The van der Waals surface area contributed by atoms with Crippen LogP contribution < -0.4 is 4.74 Å². The van der Waals surface area contributed by atoms with Gasteiger partial charge in [0.15, 0.2) is 0 Å². The van der Waals surface area contributed by atoms with Gasteiger partial charge in [-0.15, -0.1) is 0 Å². The summed E-state index contributed by atoms with van der Waals surface area (Å²) in [6.07, 6.45) is -2.56. The minimum absolute atomic E-state index is 0.0301. The largest absolute Gasteiger partial charge is 0.508 e. The van der Waals surface area contributed by atoms with Crippen molar-refractivity contribution in [3.63, 3.8) is 0 Å². The third kappa shape index (κ3) is 2.24. The molecule has 1 aliphatic heterocycles. The first kappa shape index (κ1) is 13.5. The molecule has 0 spiro atoms. The molecule has 0 amide bonds. The first-order valence-corrected chi connectivity index (χ1v) is 6.35. The maximum Gasteiger partial charge on any atom is 0.207 e. The topological polar surface area (TPSA) is 110 Å². The SMILES string of the molecule is Oc1ccc(C2C(O)Oc3cc(O)cc(O)c3C2O)cc1. The Labute approximate surface area is 120 Å². The number of hydrogen-bond donors (Lipinski definition) is 5. The zero-order valence-electron chi connectivity index (χ0n) is 10.8. The highest BCUT2D eigenvalue weighted by Crippen LogP contribution is 2.48. The summed E-state index contributed by atoms with van der Waals surface area (Å²) in [6.45, 7) is 0. The maximum absolute atomic E-state index is 10.4. The molecule has 0 saturated heterocycles. The van der Waals surface area contributed by atoms with E-state index in [2.05, 4.69) is 0 Å². The maximum atomic E-state index is 10.4. The lowest BCUT2D eigenvalue weighted by Gasteiger charge is -2.35. The molecule has 6 heteroatoms. The van der Waals surface area contributed by atoms with Crippen LogP contribution in [0.5, 0.6) is 23.0 Å². The van der Waals surface area contributed by atoms with Gasteiger partial charge >= 0.3 is 0 Å². The van der Waals surface area contributed by atoms with Gasteiger partial charge in [-0.05, 0) is 17.7 Å². The van der Waals surface area contributed by atoms with E-state index in [1.165, 1.54) is 18.2 Å². The summed E-state index contributed by atoms with van der Waals surface area (Å²) in [7, 11) is 0. The second-order valence-electron chi connectivity index (χ2n) is 4.95. The highest BCUT2D eigenvalue weighted by molar-refractivity contribution is 5.53. The molecule has 6 nitrogen and oxygen atoms in total. The van der Waals surface area contributed by atoms with Gasteiger partial charge in [0.05, 0.1) is 17.6 Å². The summed E-state index contributed by atoms with van der Waals surface area (Å²) in [5.41, 5.74) is 0.655. The molecule has 0 fully saturated rings. The molecule has 3 atom stereocenters. The Morgan fingerprint density at radius 1 is 0.857 bits per heavy atom. The standard InChI is InChI=1S/C15H14O6/c16-8-3-1-7(2-4-8)12-14(19)13-10(18)5-9(17)6-11(13)21-15(12)20/h1-6,12,14-20H. The molecule has 110 valence electrons. The summed E-state index contributed by atoms with van der Waals surface area (Å²) in [5, 5.41) is 49.1. The van der Waals surface area contributed by atoms with Gasteiger partial charge in [-0.2, -0.15) is 0 Å². The summed E-state index contributed by atoms with van der Waals surface area (Å²) in [5.74, 6) is -1.27. The Kier molecular flexibility index (Phi) is 3.12. The van der Waals surface area contributed by atoms with Crippen LogP contribution in [0.3, 0.4) is 0 Å². The molecule has 0 saturated carbocycles. The lowest BCUT2D eigenvalue weighted by atomic mass is 9.85. The predicted molar refractivity (Wildman–Crippen MR) is 72.2 cm³/mol. The van der Waals surface area contributed by atoms with Crippen LogP contribution in [0.25, 0.3) is 0 Å². The average molecular weight is 290 g/mol. The van der Waals surface area contributed by atoms with Crippen molar-refractivity contribution in [3.05, 3.63) is 47.5 Å². The van der Waals surface area contributed by atoms with Gasteiger partial charge in [-0.3, -0.25) is 0 Å². The molecule has 0 aromatic heterocycles. The molecular formula is C15H14O6. The van der Waals surface area contributed by atoms with E-state index in [0.717, 1.165) is 6.07 Å². The van der Waals surface area contributed by atoms with E-state index in [1.54, 1.807) is 12.1 Å². The van der Waals surface area contributed by atoms with Gasteiger partial charge in [0.25, 0.3) is 0 Å². The van der Waals surface area contributed by atoms with E-state index in [9.17, 15) is 25.5 Å². The third-order valence-electron chi connectivity index (χ3n) is 3.57. The minimum atomic E-state index is -1.35. The van der Waals surface area contributed by atoms with E-state index >= 15 is 0 Å². The van der Waals surface area contributed by atoms with E-state index in [4.69, 9.17) is 4.74 Å². The Hall–Kier alpha value is -2.44. The van der Waals surface area contributed by atoms with Crippen LogP contribution in [0.4, 0.5) is 0 Å². The zero-order valence-corrected chi connectivity index (χ0v) is 10.8. The summed E-state index contributed by atoms with van der Waals surface area (Å²) in [6, 6.07) is 8.28. The number of benzene rings is 2. The van der Waals surface area contributed by atoms with Crippen LogP contribution in [-0.4, -0.2) is 31.8 Å². The van der Waals surface area contributed by atoms with Crippen molar-refractivity contribution in [1.29, 1.82) is 0 Å². The molecule has 3 unspecified atom stereocenters. The number of fused-ring (bicyclic) bond motifs is 1. The molecule has 0 aliphatic carbocycles. The fourth-order valence-corrected chi connectivity index (χ4v) is 2.57. The van der Waals surface area contributed by atoms with Crippen LogP contribution >= 0.6 is 0 Å². The van der Waals surface area contributed by atoms with E-state index in [-0.39, 0.29) is 28.6 Å². The molecule has 2 aromatic carbocycles. The quantitative estimate of drug-likeness (QED) is 0.542. The first-order valence-electron chi connectivity index (χ1n) is 6.35. The fourth-order valence-electron chi connectivity index (χ4n) is 2.57. The zero-order chi connectivity index (χ0) is 15.1. The van der Waals surface area contributed by atoms with Gasteiger partial charge in [0, 0.05) is 12.1 Å². The van der Waals surface area contributed by atoms with Crippen molar-refractivity contribution >= 4 is 0 Å². The van der Waals surface area contributed by atoms with E-state index < -0.39 is 18.3 Å². The van der Waals surface area contributed by atoms with Gasteiger partial charge in [0.2, 0.25) is 6.29 Å². The van der Waals surface area contributed by atoms with Crippen LogP contribution in [0, 0.1) is 0 Å². The van der Waals surface area contributed by atoms with Gasteiger partial charge in [0.1, 0.15) is 23.0 Å². The molecule has 1 aliphatic rings. The number of aliphatic hydroxyl groups excluding tert-OH is 2. The monoisotopic (exact) mass is 290 g/mol. The predicted octanol–water partition coefficient (Wildman–Crippen LogP) is 1.33. The van der Waals surface area contributed by atoms with Gasteiger partial charge < -0.3 is 30.3 Å². The molecule has 1 heterocycles. The molecule has 2 aromatic rings. The average Bonchev–Trinajstić information content (AvgIpc) is 2.39. The third-order valence-corrected chi connectivity index (χ3v) is 3.57. The van der Waals surface area contributed by atoms with Gasteiger partial charge in [-0.25, -0.2) is 0 Å². The Bertz CT molecular complexity index is 667. The summed E-state index contributed by atoms with van der Waals surface area (Å²) in [4.78, 5) is 0. The van der Waals surface area contributed by atoms with Crippen LogP contribution in [-0.2, 0) is 0 Å². The number of phenols is 3. The van der Waals surface area contributed by atoms with Crippen LogP contribution in [0.15, 0.2) is 36.4 Å². The lowest BCUT2D eigenvalue weighted by Crippen LogP contribution is -2.34. The lowest BCUT2D eigenvalue weighted by molar-refractivity contribution is -0.0889. The Morgan fingerprint density at radius 2 is 1.52 bits per heavy atom. The van der Waals surface area contributed by atoms with Crippen molar-refractivity contribution in [2.45, 2.75) is 18.3 Å². The first-order chi connectivity index (χ1) is 9.97. The van der Waals surface area contributed by atoms with Crippen LogP contribution in [0.2, 0.25) is 0 Å². The summed E-state index contributed by atoms with van der Waals surface area (Å²) >= 11 is 0. The molecular weight excluding hydrogens is 276 g/mol. The number of phenolic OH excluding ortho intramolecular Hbond substituents is 3. The van der Waals surface area contributed by atoms with E-state index in [0.29, 0.717) is 5.56 Å². The van der Waals surface area contributed by atoms with Crippen molar-refractivity contribution in [1.82, 2.24) is 0 Å².